The van der Waals surface area contributed by atoms with E-state index in [1.807, 2.05) is 29.8 Å². The number of para-hydroxylation sites is 1. The van der Waals surface area contributed by atoms with Gasteiger partial charge in [0.15, 0.2) is 11.0 Å². The van der Waals surface area contributed by atoms with E-state index in [2.05, 4.69) is 58.7 Å². The number of nitrogens with zero attached hydrogens (tertiary/aromatic N) is 4. The highest BCUT2D eigenvalue weighted by molar-refractivity contribution is 7.99. The van der Waals surface area contributed by atoms with Gasteiger partial charge in [-0.05, 0) is 38.3 Å². The Balaban J connectivity index is 1.41. The molecular formula is C22H29N5OS. The van der Waals surface area contributed by atoms with E-state index < -0.39 is 0 Å². The van der Waals surface area contributed by atoms with E-state index in [4.69, 9.17) is 0 Å². The second kappa shape index (κ2) is 10.3. The summed E-state index contributed by atoms with van der Waals surface area (Å²) in [6.45, 7) is 3.70. The number of nitrogens with one attached hydrogen (secondary N) is 1. The number of allylic oxidation sites excluding steroid dienone is 4. The number of amides is 1. The molecule has 0 bridgehead atoms. The first-order valence-electron chi connectivity index (χ1n) is 9.98. The van der Waals surface area contributed by atoms with Crippen LogP contribution in [0.3, 0.4) is 0 Å². The molecule has 1 amide bonds. The second-order valence-electron chi connectivity index (χ2n) is 7.25. The van der Waals surface area contributed by atoms with Gasteiger partial charge >= 0.3 is 0 Å². The molecule has 0 atom stereocenters. The Kier molecular flexibility index (Phi) is 7.52. The molecule has 1 heterocycles. The molecule has 0 spiro atoms. The molecule has 1 N–H and O–H groups in total. The molecule has 1 aromatic heterocycles. The van der Waals surface area contributed by atoms with Crippen molar-refractivity contribution in [3.8, 4) is 0 Å². The van der Waals surface area contributed by atoms with Crippen LogP contribution in [0.5, 0.6) is 0 Å². The van der Waals surface area contributed by atoms with Crippen LogP contribution in [0, 0.1) is 0 Å². The Morgan fingerprint density at radius 1 is 1.28 bits per heavy atom. The molecule has 6 nitrogen and oxygen atoms in total. The summed E-state index contributed by atoms with van der Waals surface area (Å²) in [4.78, 5) is 14.4. The third-order valence-corrected chi connectivity index (χ3v) is 6.05. The Morgan fingerprint density at radius 2 is 2.07 bits per heavy atom. The van der Waals surface area contributed by atoms with Crippen LogP contribution in [0.2, 0.25) is 0 Å². The lowest BCUT2D eigenvalue weighted by Gasteiger charge is -2.19. The molecule has 7 heteroatoms. The molecule has 0 saturated heterocycles. The Bertz CT molecular complexity index is 888. The lowest BCUT2D eigenvalue weighted by atomic mass is 9.98. The highest BCUT2D eigenvalue weighted by atomic mass is 32.2. The summed E-state index contributed by atoms with van der Waals surface area (Å²) in [5.74, 6) is 1.23. The van der Waals surface area contributed by atoms with Gasteiger partial charge in [-0.1, -0.05) is 47.7 Å². The van der Waals surface area contributed by atoms with Crippen LogP contribution in [0.1, 0.15) is 32.0 Å². The Morgan fingerprint density at radius 3 is 2.83 bits per heavy atom. The van der Waals surface area contributed by atoms with Gasteiger partial charge in [0.2, 0.25) is 5.91 Å². The number of rotatable bonds is 9. The predicted octanol–water partition coefficient (Wildman–Crippen LogP) is 3.67. The van der Waals surface area contributed by atoms with E-state index in [-0.39, 0.29) is 5.91 Å². The normalized spacial score (nSPS) is 13.6. The van der Waals surface area contributed by atoms with Crippen molar-refractivity contribution in [3.63, 3.8) is 0 Å². The van der Waals surface area contributed by atoms with Crippen molar-refractivity contribution in [1.29, 1.82) is 0 Å². The predicted molar refractivity (Wildman–Crippen MR) is 120 cm³/mol. The van der Waals surface area contributed by atoms with E-state index in [0.717, 1.165) is 42.4 Å². The highest BCUT2D eigenvalue weighted by Crippen LogP contribution is 2.27. The number of anilines is 1. The first-order chi connectivity index (χ1) is 14.1. The van der Waals surface area contributed by atoms with Crippen molar-refractivity contribution in [2.75, 3.05) is 30.8 Å². The average Bonchev–Trinajstić information content (AvgIpc) is 3.10. The summed E-state index contributed by atoms with van der Waals surface area (Å²) in [7, 11) is 4.02. The summed E-state index contributed by atoms with van der Waals surface area (Å²) >= 11 is 1.42. The Labute approximate surface area is 177 Å². The van der Waals surface area contributed by atoms with E-state index >= 15 is 0 Å². The SMILES string of the molecule is CC1=C(c2nnc(SCC(=O)NCCCN(C)c3ccccc3)n2C)C=CCC1. The standard InChI is InChI=1S/C22H29N5OS/c1-17-10-7-8-13-19(17)21-24-25-22(27(21)3)29-16-20(28)23-14-9-15-26(2)18-11-5-4-6-12-18/h4-6,8,11-13H,7,9-10,14-16H2,1-3H3,(H,23,28). The van der Waals surface area contributed by atoms with Crippen LogP contribution in [0.15, 0.2) is 53.2 Å². The number of benzene rings is 1. The molecule has 154 valence electrons. The minimum absolute atomic E-state index is 0.0230. The maximum Gasteiger partial charge on any atom is 0.230 e. The second-order valence-corrected chi connectivity index (χ2v) is 8.19. The van der Waals surface area contributed by atoms with Crippen LogP contribution in [0.25, 0.3) is 5.57 Å². The van der Waals surface area contributed by atoms with Gasteiger partial charge in [0, 0.05) is 38.4 Å². The van der Waals surface area contributed by atoms with Crippen LogP contribution in [-0.2, 0) is 11.8 Å². The molecule has 0 saturated carbocycles. The number of aromatic nitrogens is 3. The van der Waals surface area contributed by atoms with Crippen molar-refractivity contribution in [2.24, 2.45) is 7.05 Å². The van der Waals surface area contributed by atoms with E-state index in [9.17, 15) is 4.79 Å². The van der Waals surface area contributed by atoms with Crippen molar-refractivity contribution in [2.45, 2.75) is 31.3 Å². The minimum Gasteiger partial charge on any atom is -0.375 e. The van der Waals surface area contributed by atoms with Gasteiger partial charge in [0.1, 0.15) is 0 Å². The average molecular weight is 412 g/mol. The maximum atomic E-state index is 12.2. The smallest absolute Gasteiger partial charge is 0.230 e. The summed E-state index contributed by atoms with van der Waals surface area (Å²) in [5.41, 5.74) is 3.66. The zero-order chi connectivity index (χ0) is 20.6. The first-order valence-corrected chi connectivity index (χ1v) is 11.0. The van der Waals surface area contributed by atoms with Crippen LogP contribution < -0.4 is 10.2 Å². The molecule has 0 unspecified atom stereocenters. The number of hydrogen-bond donors (Lipinski definition) is 1. The maximum absolute atomic E-state index is 12.2. The van der Waals surface area contributed by atoms with Gasteiger partial charge < -0.3 is 14.8 Å². The highest BCUT2D eigenvalue weighted by Gasteiger charge is 2.16. The van der Waals surface area contributed by atoms with Crippen molar-refractivity contribution in [1.82, 2.24) is 20.1 Å². The lowest BCUT2D eigenvalue weighted by molar-refractivity contribution is -0.118. The monoisotopic (exact) mass is 411 g/mol. The first kappa shape index (κ1) is 21.2. The number of carbonyl (C=O) groups excluding carboxylic acids is 1. The van der Waals surface area contributed by atoms with Crippen molar-refractivity contribution in [3.05, 3.63) is 53.9 Å². The fourth-order valence-electron chi connectivity index (χ4n) is 3.26. The summed E-state index contributed by atoms with van der Waals surface area (Å²) < 4.78 is 1.97. The zero-order valence-corrected chi connectivity index (χ0v) is 18.2. The van der Waals surface area contributed by atoms with Gasteiger partial charge in [0.25, 0.3) is 0 Å². The summed E-state index contributed by atoms with van der Waals surface area (Å²) in [5, 5.41) is 12.4. The Hall–Kier alpha value is -2.54. The molecular weight excluding hydrogens is 382 g/mol. The van der Waals surface area contributed by atoms with E-state index in [1.54, 1.807) is 0 Å². The molecule has 0 aliphatic heterocycles. The van der Waals surface area contributed by atoms with Gasteiger partial charge in [-0.15, -0.1) is 10.2 Å². The molecule has 1 aliphatic carbocycles. The van der Waals surface area contributed by atoms with Crippen LogP contribution in [-0.4, -0.2) is 46.6 Å². The minimum atomic E-state index is 0.0230. The summed E-state index contributed by atoms with van der Waals surface area (Å²) in [6.07, 6.45) is 7.33. The number of hydrogen-bond acceptors (Lipinski definition) is 5. The number of carbonyl (C=O) groups is 1. The van der Waals surface area contributed by atoms with Crippen molar-refractivity contribution >= 4 is 28.9 Å². The quantitative estimate of drug-likeness (QED) is 0.504. The molecule has 1 aliphatic rings. The fraction of sp³-hybridized carbons (Fsp3) is 0.409. The largest absolute Gasteiger partial charge is 0.375 e. The van der Waals surface area contributed by atoms with Gasteiger partial charge in [-0.2, -0.15) is 0 Å². The van der Waals surface area contributed by atoms with Crippen molar-refractivity contribution < 1.29 is 4.79 Å². The third-order valence-electron chi connectivity index (χ3n) is 5.03. The number of thioether (sulfide) groups is 1. The molecule has 29 heavy (non-hydrogen) atoms. The zero-order valence-electron chi connectivity index (χ0n) is 17.4. The molecule has 2 aromatic rings. The fourth-order valence-corrected chi connectivity index (χ4v) is 4.00. The van der Waals surface area contributed by atoms with E-state index in [1.165, 1.54) is 23.0 Å². The third kappa shape index (κ3) is 5.73. The topological polar surface area (TPSA) is 63.1 Å². The summed E-state index contributed by atoms with van der Waals surface area (Å²) in [6, 6.07) is 10.3. The molecule has 0 radical (unpaired) electrons. The molecule has 1 aromatic carbocycles. The molecule has 0 fully saturated rings. The van der Waals surface area contributed by atoms with Crippen LogP contribution in [0.4, 0.5) is 5.69 Å². The van der Waals surface area contributed by atoms with E-state index in [0.29, 0.717) is 12.3 Å². The lowest BCUT2D eigenvalue weighted by Crippen LogP contribution is -2.29. The van der Waals surface area contributed by atoms with Gasteiger partial charge in [0.05, 0.1) is 5.75 Å². The van der Waals surface area contributed by atoms with Gasteiger partial charge in [-0.25, -0.2) is 0 Å². The van der Waals surface area contributed by atoms with Gasteiger partial charge in [-0.3, -0.25) is 4.79 Å². The van der Waals surface area contributed by atoms with Crippen LogP contribution >= 0.6 is 11.8 Å². The molecule has 3 rings (SSSR count).